The van der Waals surface area contributed by atoms with Gasteiger partial charge in [0.1, 0.15) is 17.3 Å². The summed E-state index contributed by atoms with van der Waals surface area (Å²) in [6, 6.07) is 19.0. The number of amides is 1. The number of carbonyl (C=O) groups excluding carboxylic acids is 1. The number of aromatic hydroxyl groups is 1. The lowest BCUT2D eigenvalue weighted by Gasteiger charge is -2.11. The summed E-state index contributed by atoms with van der Waals surface area (Å²) in [7, 11) is 0. The zero-order valence-corrected chi connectivity index (χ0v) is 19.1. The van der Waals surface area contributed by atoms with Crippen molar-refractivity contribution in [2.45, 2.75) is 0 Å². The van der Waals surface area contributed by atoms with Gasteiger partial charge in [-0.05, 0) is 35.7 Å². The molecule has 0 saturated carbocycles. The van der Waals surface area contributed by atoms with Crippen molar-refractivity contribution in [1.82, 2.24) is 19.7 Å². The molecule has 5 aromatic rings. The number of nitrogens with zero attached hydrogens (tertiary/aromatic N) is 7. The first-order chi connectivity index (χ1) is 17.5. The number of aromatic nitrogens is 4. The average molecular weight is 495 g/mol. The number of hydrogen-bond acceptors (Lipinski definition) is 8. The van der Waals surface area contributed by atoms with Crippen LogP contribution < -0.4 is 5.32 Å². The molecule has 0 bridgehead atoms. The number of phenolic OH excluding ortho intramolecular Hbond substituents is 1. The molecule has 0 spiro atoms. The zero-order valence-electron chi connectivity index (χ0n) is 18.4. The fourth-order valence-electron chi connectivity index (χ4n) is 3.52. The Bertz CT molecular complexity index is 1680. The molecule has 174 valence electrons. The van der Waals surface area contributed by atoms with Gasteiger partial charge in [-0.2, -0.15) is 15.0 Å². The van der Waals surface area contributed by atoms with Gasteiger partial charge < -0.3 is 10.4 Å². The summed E-state index contributed by atoms with van der Waals surface area (Å²) in [5, 5.41) is 37.6. The third kappa shape index (κ3) is 4.34. The molecule has 5 rings (SSSR count). The first kappa shape index (κ1) is 22.6. The van der Waals surface area contributed by atoms with Crippen LogP contribution in [0.5, 0.6) is 5.75 Å². The normalized spacial score (nSPS) is 11.0. The molecule has 0 unspecified atom stereocenters. The van der Waals surface area contributed by atoms with Crippen LogP contribution >= 0.6 is 11.6 Å². The maximum Gasteiger partial charge on any atom is 0.259 e. The molecule has 1 amide bonds. The first-order valence-corrected chi connectivity index (χ1v) is 10.9. The number of rotatable bonds is 5. The van der Waals surface area contributed by atoms with Crippen LogP contribution in [0.15, 0.2) is 89.5 Å². The molecule has 10 nitrogen and oxygen atoms in total. The number of benzene rings is 3. The van der Waals surface area contributed by atoms with Gasteiger partial charge >= 0.3 is 0 Å². The second-order valence-corrected chi connectivity index (χ2v) is 7.90. The van der Waals surface area contributed by atoms with Crippen molar-refractivity contribution in [3.63, 3.8) is 0 Å². The molecule has 0 aliphatic heterocycles. The fourth-order valence-corrected chi connectivity index (χ4v) is 3.71. The van der Waals surface area contributed by atoms with E-state index in [2.05, 4.69) is 30.6 Å². The Hall–Kier alpha value is -5.14. The summed E-state index contributed by atoms with van der Waals surface area (Å²) in [6.07, 6.45) is 4.37. The lowest BCUT2D eigenvalue weighted by atomic mass is 10.0. The van der Waals surface area contributed by atoms with Gasteiger partial charge in [0.25, 0.3) is 11.9 Å². The van der Waals surface area contributed by atoms with E-state index in [-0.39, 0.29) is 34.3 Å². The smallest absolute Gasteiger partial charge is 0.259 e. The number of halogens is 1. The van der Waals surface area contributed by atoms with Crippen molar-refractivity contribution < 1.29 is 9.90 Å². The van der Waals surface area contributed by atoms with Gasteiger partial charge in [-0.15, -0.1) is 10.2 Å². The van der Waals surface area contributed by atoms with Crippen LogP contribution in [0.3, 0.4) is 0 Å². The van der Waals surface area contributed by atoms with Crippen LogP contribution in [0.4, 0.5) is 17.2 Å². The average Bonchev–Trinajstić information content (AvgIpc) is 3.31. The Morgan fingerprint density at radius 1 is 1.06 bits per heavy atom. The molecule has 0 aliphatic carbocycles. The third-order valence-electron chi connectivity index (χ3n) is 5.17. The van der Waals surface area contributed by atoms with Gasteiger partial charge in [-0.3, -0.25) is 4.79 Å². The van der Waals surface area contributed by atoms with Gasteiger partial charge in [0.15, 0.2) is 11.6 Å². The Labute approximate surface area is 209 Å². The van der Waals surface area contributed by atoms with Gasteiger partial charge in [0, 0.05) is 28.5 Å². The van der Waals surface area contributed by atoms with Crippen LogP contribution in [0.25, 0.3) is 16.7 Å². The van der Waals surface area contributed by atoms with Crippen LogP contribution in [-0.2, 0) is 0 Å². The maximum atomic E-state index is 13.1. The number of carbonyl (C=O) groups is 1. The summed E-state index contributed by atoms with van der Waals surface area (Å²) in [5.74, 6) is -0.674. The molecule has 0 atom stereocenters. The van der Waals surface area contributed by atoms with Crippen LogP contribution in [0, 0.1) is 11.3 Å². The van der Waals surface area contributed by atoms with Crippen molar-refractivity contribution in [1.29, 1.82) is 5.26 Å². The largest absolute Gasteiger partial charge is 0.505 e. The fraction of sp³-hybridized carbons (Fsp3) is 0. The van der Waals surface area contributed by atoms with E-state index in [4.69, 9.17) is 11.6 Å². The Kier molecular flexibility index (Phi) is 6.05. The van der Waals surface area contributed by atoms with E-state index in [9.17, 15) is 15.2 Å². The highest BCUT2D eigenvalue weighted by molar-refractivity contribution is 6.31. The van der Waals surface area contributed by atoms with Gasteiger partial charge in [-0.1, -0.05) is 41.9 Å². The van der Waals surface area contributed by atoms with Gasteiger partial charge in [0.05, 0.1) is 11.8 Å². The summed E-state index contributed by atoms with van der Waals surface area (Å²) in [5.41, 5.74) is 0.636. The van der Waals surface area contributed by atoms with Gasteiger partial charge in [0.2, 0.25) is 0 Å². The predicted octanol–water partition coefficient (Wildman–Crippen LogP) is 5.71. The highest BCUT2D eigenvalue weighted by atomic mass is 35.5. The zero-order chi connectivity index (χ0) is 25.1. The van der Waals surface area contributed by atoms with E-state index in [1.807, 2.05) is 6.07 Å². The van der Waals surface area contributed by atoms with Crippen molar-refractivity contribution in [3.8, 4) is 17.8 Å². The number of nitriles is 1. The minimum atomic E-state index is -0.558. The van der Waals surface area contributed by atoms with Gasteiger partial charge in [-0.25, -0.2) is 9.97 Å². The molecule has 0 radical (unpaired) electrons. The summed E-state index contributed by atoms with van der Waals surface area (Å²) < 4.78 is 1.26. The minimum Gasteiger partial charge on any atom is -0.505 e. The molecule has 2 heterocycles. The SMILES string of the molecule is N#Cc1cnn(-c2ncccn2)c1N=Nc1c(O)c(C(=O)Nc2cccc(Cl)c2)cc2ccccc12. The second kappa shape index (κ2) is 9.61. The molecule has 2 N–H and O–H groups in total. The first-order valence-electron chi connectivity index (χ1n) is 10.5. The van der Waals surface area contributed by atoms with Crippen molar-refractivity contribution in [2.75, 3.05) is 5.32 Å². The molecular formula is C25H15ClN8O2. The van der Waals surface area contributed by atoms with Crippen molar-refractivity contribution in [2.24, 2.45) is 10.2 Å². The lowest BCUT2D eigenvalue weighted by molar-refractivity contribution is 0.102. The number of fused-ring (bicyclic) bond motifs is 1. The van der Waals surface area contributed by atoms with E-state index >= 15 is 0 Å². The summed E-state index contributed by atoms with van der Waals surface area (Å²) >= 11 is 6.01. The third-order valence-corrected chi connectivity index (χ3v) is 5.41. The Balaban J connectivity index is 1.61. The monoisotopic (exact) mass is 494 g/mol. The standard InChI is InChI=1S/C25H15ClN8O2/c26-17-6-3-7-18(12-17)31-24(36)20-11-15-5-1-2-8-19(15)21(22(20)35)32-33-23-16(13-27)14-30-34(23)25-28-9-4-10-29-25/h1-12,14,35H,(H,31,36). The van der Waals surface area contributed by atoms with Crippen molar-refractivity contribution >= 4 is 45.5 Å². The molecule has 0 fully saturated rings. The minimum absolute atomic E-state index is 0.0111. The number of azo groups is 1. The second-order valence-electron chi connectivity index (χ2n) is 7.46. The molecule has 0 aliphatic rings. The Morgan fingerprint density at radius 2 is 1.86 bits per heavy atom. The van der Waals surface area contributed by atoms with E-state index in [1.54, 1.807) is 60.7 Å². The number of anilines is 1. The highest BCUT2D eigenvalue weighted by Crippen LogP contribution is 2.40. The molecule has 11 heteroatoms. The molecule has 0 saturated heterocycles. The Morgan fingerprint density at radius 3 is 2.64 bits per heavy atom. The number of phenols is 1. The molecule has 36 heavy (non-hydrogen) atoms. The predicted molar refractivity (Wildman–Crippen MR) is 133 cm³/mol. The summed E-state index contributed by atoms with van der Waals surface area (Å²) in [4.78, 5) is 21.3. The van der Waals surface area contributed by atoms with E-state index in [1.165, 1.54) is 23.3 Å². The maximum absolute atomic E-state index is 13.1. The van der Waals surface area contributed by atoms with E-state index < -0.39 is 5.91 Å². The van der Waals surface area contributed by atoms with Crippen LogP contribution in [-0.4, -0.2) is 30.8 Å². The van der Waals surface area contributed by atoms with E-state index in [0.29, 0.717) is 21.5 Å². The van der Waals surface area contributed by atoms with E-state index in [0.717, 1.165) is 0 Å². The number of nitrogens with one attached hydrogen (secondary N) is 1. The number of hydrogen-bond donors (Lipinski definition) is 2. The van der Waals surface area contributed by atoms with Crippen molar-refractivity contribution in [3.05, 3.63) is 95.4 Å². The molecule has 2 aromatic heterocycles. The molecular weight excluding hydrogens is 480 g/mol. The van der Waals surface area contributed by atoms with Crippen LogP contribution in [0.2, 0.25) is 5.02 Å². The lowest BCUT2D eigenvalue weighted by Crippen LogP contribution is -2.12. The summed E-state index contributed by atoms with van der Waals surface area (Å²) in [6.45, 7) is 0. The topological polar surface area (TPSA) is 141 Å². The quantitative estimate of drug-likeness (QED) is 0.299. The molecule has 3 aromatic carbocycles. The van der Waals surface area contributed by atoms with Crippen LogP contribution in [0.1, 0.15) is 15.9 Å². The highest BCUT2D eigenvalue weighted by Gasteiger charge is 2.20.